The lowest BCUT2D eigenvalue weighted by Gasteiger charge is -2.24. The second-order valence-corrected chi connectivity index (χ2v) is 5.30. The summed E-state index contributed by atoms with van der Waals surface area (Å²) in [6, 6.07) is 6.59. The van der Waals surface area contributed by atoms with E-state index in [0.29, 0.717) is 24.2 Å². The van der Waals surface area contributed by atoms with E-state index in [4.69, 9.17) is 0 Å². The van der Waals surface area contributed by atoms with Gasteiger partial charge in [-0.05, 0) is 31.9 Å². The molecular formula is C15H16N2O3. The van der Waals surface area contributed by atoms with Gasteiger partial charge in [0.05, 0.1) is 17.8 Å². The van der Waals surface area contributed by atoms with Crippen molar-refractivity contribution in [2.45, 2.75) is 25.8 Å². The molecule has 1 atom stereocenters. The van der Waals surface area contributed by atoms with Crippen LogP contribution in [-0.4, -0.2) is 41.6 Å². The van der Waals surface area contributed by atoms with Gasteiger partial charge in [0.25, 0.3) is 5.91 Å². The fourth-order valence-corrected chi connectivity index (χ4v) is 3.00. The fourth-order valence-electron chi connectivity index (χ4n) is 3.00. The Kier molecular flexibility index (Phi) is 3.04. The van der Waals surface area contributed by atoms with Crippen molar-refractivity contribution in [3.63, 3.8) is 0 Å². The number of amides is 2. The number of Topliss-reactive ketones (excluding diaryl/α,β-unsaturated/α-hetero) is 1. The van der Waals surface area contributed by atoms with Gasteiger partial charge in [-0.1, -0.05) is 12.1 Å². The van der Waals surface area contributed by atoms with Gasteiger partial charge in [-0.2, -0.15) is 0 Å². The lowest BCUT2D eigenvalue weighted by Crippen LogP contribution is -2.46. The Balaban J connectivity index is 2.13. The Labute approximate surface area is 117 Å². The van der Waals surface area contributed by atoms with Crippen LogP contribution in [0.4, 0.5) is 5.69 Å². The number of carbonyl (C=O) groups is 3. The zero-order valence-electron chi connectivity index (χ0n) is 11.3. The summed E-state index contributed by atoms with van der Waals surface area (Å²) < 4.78 is 0. The lowest BCUT2D eigenvalue weighted by molar-refractivity contribution is -0.124. The van der Waals surface area contributed by atoms with Gasteiger partial charge in [-0.15, -0.1) is 0 Å². The van der Waals surface area contributed by atoms with Crippen molar-refractivity contribution in [3.05, 3.63) is 29.8 Å². The highest BCUT2D eigenvalue weighted by Crippen LogP contribution is 2.32. The summed E-state index contributed by atoms with van der Waals surface area (Å²) in [4.78, 5) is 39.8. The Morgan fingerprint density at radius 2 is 2.05 bits per heavy atom. The minimum atomic E-state index is -0.422. The summed E-state index contributed by atoms with van der Waals surface area (Å²) in [5.74, 6) is -0.342. The number of carbonyl (C=O) groups excluding carboxylic acids is 3. The summed E-state index contributed by atoms with van der Waals surface area (Å²) in [7, 11) is 0. The first-order chi connectivity index (χ1) is 9.59. The van der Waals surface area contributed by atoms with E-state index in [0.717, 1.165) is 6.42 Å². The summed E-state index contributed by atoms with van der Waals surface area (Å²) in [6.45, 7) is 2.08. The van der Waals surface area contributed by atoms with Crippen molar-refractivity contribution in [3.8, 4) is 0 Å². The number of benzene rings is 1. The minimum absolute atomic E-state index is 0.0213. The van der Waals surface area contributed by atoms with Crippen LogP contribution >= 0.6 is 0 Å². The van der Waals surface area contributed by atoms with Crippen molar-refractivity contribution in [1.82, 2.24) is 4.90 Å². The van der Waals surface area contributed by atoms with Crippen LogP contribution in [0.2, 0.25) is 0 Å². The number of ketones is 1. The van der Waals surface area contributed by atoms with Crippen LogP contribution in [0.15, 0.2) is 24.3 Å². The molecule has 3 rings (SSSR count). The highest BCUT2D eigenvalue weighted by atomic mass is 16.2. The van der Waals surface area contributed by atoms with Gasteiger partial charge in [-0.25, -0.2) is 0 Å². The average molecular weight is 272 g/mol. The third kappa shape index (κ3) is 1.90. The molecule has 0 aliphatic carbocycles. The second-order valence-electron chi connectivity index (χ2n) is 5.30. The molecule has 1 fully saturated rings. The van der Waals surface area contributed by atoms with Crippen LogP contribution in [0.5, 0.6) is 0 Å². The van der Waals surface area contributed by atoms with E-state index in [1.165, 1.54) is 11.8 Å². The van der Waals surface area contributed by atoms with E-state index < -0.39 is 6.04 Å². The molecule has 0 N–H and O–H groups in total. The van der Waals surface area contributed by atoms with E-state index in [9.17, 15) is 14.4 Å². The minimum Gasteiger partial charge on any atom is -0.327 e. The smallest absolute Gasteiger partial charge is 0.256 e. The van der Waals surface area contributed by atoms with Crippen molar-refractivity contribution >= 4 is 23.3 Å². The average Bonchev–Trinajstić information content (AvgIpc) is 2.89. The van der Waals surface area contributed by atoms with E-state index in [2.05, 4.69) is 0 Å². The summed E-state index contributed by atoms with van der Waals surface area (Å²) >= 11 is 0. The number of nitrogens with zero attached hydrogens (tertiary/aromatic N) is 2. The maximum atomic E-state index is 12.7. The molecule has 0 saturated carbocycles. The van der Waals surface area contributed by atoms with Crippen LogP contribution in [0.25, 0.3) is 0 Å². The Hall–Kier alpha value is -2.17. The van der Waals surface area contributed by atoms with Gasteiger partial charge < -0.3 is 9.80 Å². The van der Waals surface area contributed by atoms with Crippen LogP contribution in [0, 0.1) is 0 Å². The monoisotopic (exact) mass is 272 g/mol. The zero-order chi connectivity index (χ0) is 14.3. The topological polar surface area (TPSA) is 57.7 Å². The number of para-hydroxylation sites is 1. The van der Waals surface area contributed by atoms with Gasteiger partial charge in [0.1, 0.15) is 11.8 Å². The van der Waals surface area contributed by atoms with Crippen LogP contribution in [-0.2, 0) is 9.59 Å². The van der Waals surface area contributed by atoms with Crippen LogP contribution in [0.3, 0.4) is 0 Å². The Morgan fingerprint density at radius 3 is 2.80 bits per heavy atom. The van der Waals surface area contributed by atoms with Gasteiger partial charge in [0.2, 0.25) is 5.91 Å². The zero-order valence-corrected chi connectivity index (χ0v) is 11.3. The van der Waals surface area contributed by atoms with E-state index >= 15 is 0 Å². The van der Waals surface area contributed by atoms with E-state index in [1.807, 2.05) is 0 Å². The molecule has 5 nitrogen and oxygen atoms in total. The highest BCUT2D eigenvalue weighted by Gasteiger charge is 2.41. The molecule has 1 aromatic rings. The van der Waals surface area contributed by atoms with Gasteiger partial charge in [0, 0.05) is 6.54 Å². The summed E-state index contributed by atoms with van der Waals surface area (Å²) in [6.07, 6.45) is 1.51. The highest BCUT2D eigenvalue weighted by molar-refractivity contribution is 6.12. The van der Waals surface area contributed by atoms with E-state index in [1.54, 1.807) is 29.2 Å². The first-order valence-electron chi connectivity index (χ1n) is 6.80. The molecular weight excluding hydrogens is 256 g/mol. The molecule has 0 aromatic heterocycles. The van der Waals surface area contributed by atoms with Crippen molar-refractivity contribution < 1.29 is 14.4 Å². The van der Waals surface area contributed by atoms with Gasteiger partial charge in [0.15, 0.2) is 0 Å². The molecule has 0 radical (unpaired) electrons. The Morgan fingerprint density at radius 1 is 1.30 bits per heavy atom. The van der Waals surface area contributed by atoms with Crippen molar-refractivity contribution in [2.24, 2.45) is 0 Å². The largest absolute Gasteiger partial charge is 0.327 e. The number of fused-ring (bicyclic) bond motifs is 2. The quantitative estimate of drug-likeness (QED) is 0.813. The molecule has 2 amide bonds. The predicted octanol–water partition coefficient (Wildman–Crippen LogP) is 1.23. The molecule has 5 heteroatoms. The number of hydrogen-bond donors (Lipinski definition) is 0. The molecule has 2 aliphatic heterocycles. The lowest BCUT2D eigenvalue weighted by atomic mass is 10.1. The van der Waals surface area contributed by atoms with Gasteiger partial charge in [-0.3, -0.25) is 14.4 Å². The first kappa shape index (κ1) is 12.8. The third-order valence-corrected chi connectivity index (χ3v) is 3.87. The molecule has 20 heavy (non-hydrogen) atoms. The summed E-state index contributed by atoms with van der Waals surface area (Å²) in [5, 5.41) is 0. The molecule has 104 valence electrons. The number of rotatable bonds is 2. The fraction of sp³-hybridized carbons (Fsp3) is 0.400. The van der Waals surface area contributed by atoms with Crippen molar-refractivity contribution in [2.75, 3.05) is 18.0 Å². The number of hydrogen-bond acceptors (Lipinski definition) is 3. The predicted molar refractivity (Wildman–Crippen MR) is 73.5 cm³/mol. The standard InChI is InChI=1S/C15H16N2O3/c1-10(18)9-17-12-6-3-2-5-11(12)14(19)16-8-4-7-13(16)15(17)20/h2-3,5-6,13H,4,7-9H2,1H3. The number of anilines is 1. The maximum absolute atomic E-state index is 12.7. The second kappa shape index (κ2) is 4.74. The SMILES string of the molecule is CC(=O)CN1C(=O)C2CCCN2C(=O)c2ccccc21. The molecule has 0 bridgehead atoms. The molecule has 1 unspecified atom stereocenters. The normalized spacial score (nSPS) is 21.6. The summed E-state index contributed by atoms with van der Waals surface area (Å²) in [5.41, 5.74) is 1.05. The van der Waals surface area contributed by atoms with Crippen LogP contribution in [0.1, 0.15) is 30.1 Å². The molecule has 1 aromatic carbocycles. The Bertz CT molecular complexity index is 597. The van der Waals surface area contributed by atoms with Crippen LogP contribution < -0.4 is 4.90 Å². The maximum Gasteiger partial charge on any atom is 0.256 e. The molecule has 0 spiro atoms. The third-order valence-electron chi connectivity index (χ3n) is 3.87. The molecule has 1 saturated heterocycles. The van der Waals surface area contributed by atoms with E-state index in [-0.39, 0.29) is 24.1 Å². The molecule has 2 aliphatic rings. The van der Waals surface area contributed by atoms with Crippen molar-refractivity contribution in [1.29, 1.82) is 0 Å². The molecule has 2 heterocycles. The van der Waals surface area contributed by atoms with Gasteiger partial charge >= 0.3 is 0 Å². The first-order valence-corrected chi connectivity index (χ1v) is 6.80.